The van der Waals surface area contributed by atoms with Crippen LogP contribution in [0.2, 0.25) is 0 Å². The van der Waals surface area contributed by atoms with Gasteiger partial charge in [-0.25, -0.2) is 0 Å². The van der Waals surface area contributed by atoms with Crippen molar-refractivity contribution >= 4 is 0 Å². The fourth-order valence-electron chi connectivity index (χ4n) is 4.16. The first-order chi connectivity index (χ1) is 8.72. The first kappa shape index (κ1) is 12.2. The topological polar surface area (TPSA) is 12.0 Å². The molecule has 2 aliphatic carbocycles. The molecule has 3 rings (SSSR count). The summed E-state index contributed by atoms with van der Waals surface area (Å²) in [6.45, 7) is 5.58. The van der Waals surface area contributed by atoms with E-state index in [9.17, 15) is 0 Å². The third-order valence-electron chi connectivity index (χ3n) is 5.15. The Morgan fingerprint density at radius 2 is 2.17 bits per heavy atom. The summed E-state index contributed by atoms with van der Waals surface area (Å²) in [5.74, 6) is 3.02. The maximum absolute atomic E-state index is 3.75. The Morgan fingerprint density at radius 3 is 2.83 bits per heavy atom. The van der Waals surface area contributed by atoms with Crippen molar-refractivity contribution in [2.75, 3.05) is 0 Å². The third kappa shape index (κ3) is 2.47. The van der Waals surface area contributed by atoms with Crippen LogP contribution >= 0.6 is 0 Å². The smallest absolute Gasteiger partial charge is 0.0208 e. The van der Waals surface area contributed by atoms with Crippen molar-refractivity contribution in [1.29, 1.82) is 0 Å². The normalized spacial score (nSPS) is 31.8. The lowest BCUT2D eigenvalue weighted by atomic mass is 9.84. The second-order valence-corrected chi connectivity index (χ2v) is 6.50. The van der Waals surface area contributed by atoms with Gasteiger partial charge in [-0.05, 0) is 56.4 Å². The molecule has 1 aromatic rings. The van der Waals surface area contributed by atoms with Crippen LogP contribution in [0.4, 0.5) is 0 Å². The SMILES string of the molecule is Cc1cccc(CNC(C)C2CC3CCC2C3)c1. The van der Waals surface area contributed by atoms with Gasteiger partial charge < -0.3 is 5.32 Å². The van der Waals surface area contributed by atoms with Gasteiger partial charge in [0.25, 0.3) is 0 Å². The highest BCUT2D eigenvalue weighted by Crippen LogP contribution is 2.49. The predicted octanol–water partition coefficient (Wildman–Crippen LogP) is 3.91. The number of nitrogens with one attached hydrogen (secondary N) is 1. The number of benzene rings is 1. The van der Waals surface area contributed by atoms with Crippen molar-refractivity contribution in [2.24, 2.45) is 17.8 Å². The summed E-state index contributed by atoms with van der Waals surface area (Å²) < 4.78 is 0. The summed E-state index contributed by atoms with van der Waals surface area (Å²) in [7, 11) is 0. The molecule has 4 atom stereocenters. The summed E-state index contributed by atoms with van der Waals surface area (Å²) in [6, 6.07) is 9.53. The Labute approximate surface area is 111 Å². The van der Waals surface area contributed by atoms with Gasteiger partial charge >= 0.3 is 0 Å². The summed E-state index contributed by atoms with van der Waals surface area (Å²) in [5.41, 5.74) is 2.78. The molecule has 0 radical (unpaired) electrons. The molecule has 2 aliphatic rings. The van der Waals surface area contributed by atoms with E-state index in [1.165, 1.54) is 36.8 Å². The highest BCUT2D eigenvalue weighted by Gasteiger charge is 2.41. The lowest BCUT2D eigenvalue weighted by Gasteiger charge is -2.28. The first-order valence-electron chi connectivity index (χ1n) is 7.51. The van der Waals surface area contributed by atoms with Crippen molar-refractivity contribution in [3.8, 4) is 0 Å². The van der Waals surface area contributed by atoms with Gasteiger partial charge in [-0.1, -0.05) is 36.2 Å². The molecular formula is C17H25N. The van der Waals surface area contributed by atoms with Gasteiger partial charge in [-0.2, -0.15) is 0 Å². The van der Waals surface area contributed by atoms with E-state index in [0.29, 0.717) is 6.04 Å². The second-order valence-electron chi connectivity index (χ2n) is 6.50. The average molecular weight is 243 g/mol. The Balaban J connectivity index is 1.54. The minimum Gasteiger partial charge on any atom is -0.310 e. The molecular weight excluding hydrogens is 218 g/mol. The molecule has 0 heterocycles. The van der Waals surface area contributed by atoms with Gasteiger partial charge in [-0.3, -0.25) is 0 Å². The van der Waals surface area contributed by atoms with E-state index in [-0.39, 0.29) is 0 Å². The molecule has 0 spiro atoms. The standard InChI is InChI=1S/C17H25N/c1-12-4-3-5-15(8-12)11-18-13(2)17-10-14-6-7-16(17)9-14/h3-5,8,13-14,16-18H,6-7,9-11H2,1-2H3. The third-order valence-corrected chi connectivity index (χ3v) is 5.15. The molecule has 2 bridgehead atoms. The number of aryl methyl sites for hydroxylation is 1. The van der Waals surface area contributed by atoms with E-state index >= 15 is 0 Å². The van der Waals surface area contributed by atoms with Gasteiger partial charge in [-0.15, -0.1) is 0 Å². The maximum atomic E-state index is 3.75. The van der Waals surface area contributed by atoms with Crippen molar-refractivity contribution in [3.63, 3.8) is 0 Å². The molecule has 0 aliphatic heterocycles. The zero-order chi connectivity index (χ0) is 12.5. The van der Waals surface area contributed by atoms with Gasteiger partial charge in [0.05, 0.1) is 0 Å². The van der Waals surface area contributed by atoms with Crippen LogP contribution in [0.15, 0.2) is 24.3 Å². The summed E-state index contributed by atoms with van der Waals surface area (Å²) in [4.78, 5) is 0. The quantitative estimate of drug-likeness (QED) is 0.845. The van der Waals surface area contributed by atoms with Crippen LogP contribution in [-0.4, -0.2) is 6.04 Å². The van der Waals surface area contributed by atoms with Crippen LogP contribution in [0.25, 0.3) is 0 Å². The van der Waals surface area contributed by atoms with Crippen LogP contribution in [0, 0.1) is 24.7 Å². The van der Waals surface area contributed by atoms with E-state index < -0.39 is 0 Å². The molecule has 1 N–H and O–H groups in total. The molecule has 98 valence electrons. The first-order valence-corrected chi connectivity index (χ1v) is 7.51. The molecule has 4 unspecified atom stereocenters. The average Bonchev–Trinajstić information content (AvgIpc) is 2.98. The van der Waals surface area contributed by atoms with Crippen molar-refractivity contribution < 1.29 is 0 Å². The van der Waals surface area contributed by atoms with Gasteiger partial charge in [0.1, 0.15) is 0 Å². The van der Waals surface area contributed by atoms with Crippen LogP contribution in [0.5, 0.6) is 0 Å². The molecule has 1 aromatic carbocycles. The molecule has 18 heavy (non-hydrogen) atoms. The minimum atomic E-state index is 0.681. The second kappa shape index (κ2) is 5.05. The highest BCUT2D eigenvalue weighted by atomic mass is 14.9. The van der Waals surface area contributed by atoms with Crippen molar-refractivity contribution in [2.45, 2.75) is 52.1 Å². The lowest BCUT2D eigenvalue weighted by Crippen LogP contribution is -2.35. The predicted molar refractivity (Wildman–Crippen MR) is 76.4 cm³/mol. The maximum Gasteiger partial charge on any atom is 0.0208 e. The summed E-state index contributed by atoms with van der Waals surface area (Å²) in [5, 5.41) is 3.75. The number of hydrogen-bond acceptors (Lipinski definition) is 1. The largest absolute Gasteiger partial charge is 0.310 e. The van der Waals surface area contributed by atoms with Crippen LogP contribution in [0.3, 0.4) is 0 Å². The zero-order valence-corrected chi connectivity index (χ0v) is 11.7. The molecule has 0 aromatic heterocycles. The minimum absolute atomic E-state index is 0.681. The fourth-order valence-corrected chi connectivity index (χ4v) is 4.16. The van der Waals surface area contributed by atoms with Crippen LogP contribution < -0.4 is 5.32 Å². The highest BCUT2D eigenvalue weighted by molar-refractivity contribution is 5.22. The van der Waals surface area contributed by atoms with Crippen molar-refractivity contribution in [1.82, 2.24) is 5.32 Å². The van der Waals surface area contributed by atoms with E-state index in [1.807, 2.05) is 0 Å². The number of rotatable bonds is 4. The van der Waals surface area contributed by atoms with Crippen LogP contribution in [-0.2, 0) is 6.54 Å². The van der Waals surface area contributed by atoms with Gasteiger partial charge in [0.2, 0.25) is 0 Å². The van der Waals surface area contributed by atoms with Crippen LogP contribution in [0.1, 0.15) is 43.7 Å². The summed E-state index contributed by atoms with van der Waals surface area (Å²) >= 11 is 0. The molecule has 2 fully saturated rings. The van der Waals surface area contributed by atoms with E-state index in [0.717, 1.165) is 24.3 Å². The number of fused-ring (bicyclic) bond motifs is 2. The number of hydrogen-bond donors (Lipinski definition) is 1. The molecule has 1 nitrogen and oxygen atoms in total. The Bertz CT molecular complexity index is 412. The van der Waals surface area contributed by atoms with E-state index in [2.05, 4.69) is 43.4 Å². The Morgan fingerprint density at radius 1 is 1.28 bits per heavy atom. The fraction of sp³-hybridized carbons (Fsp3) is 0.647. The molecule has 0 amide bonds. The lowest BCUT2D eigenvalue weighted by molar-refractivity contribution is 0.259. The summed E-state index contributed by atoms with van der Waals surface area (Å²) in [6.07, 6.45) is 5.99. The van der Waals surface area contributed by atoms with Gasteiger partial charge in [0, 0.05) is 12.6 Å². The molecule has 0 saturated heterocycles. The zero-order valence-electron chi connectivity index (χ0n) is 11.7. The van der Waals surface area contributed by atoms with Gasteiger partial charge in [0.15, 0.2) is 0 Å². The monoisotopic (exact) mass is 243 g/mol. The Kier molecular flexibility index (Phi) is 3.43. The molecule has 1 heteroatoms. The van der Waals surface area contributed by atoms with Crippen molar-refractivity contribution in [3.05, 3.63) is 35.4 Å². The Hall–Kier alpha value is -0.820. The van der Waals surface area contributed by atoms with E-state index in [4.69, 9.17) is 0 Å². The van der Waals surface area contributed by atoms with E-state index in [1.54, 1.807) is 0 Å². The molecule has 2 saturated carbocycles.